The van der Waals surface area contributed by atoms with Gasteiger partial charge >= 0.3 is 5.97 Å². The summed E-state index contributed by atoms with van der Waals surface area (Å²) in [4.78, 5) is 30.0. The van der Waals surface area contributed by atoms with E-state index in [1.54, 1.807) is 18.4 Å². The number of anilines is 1. The van der Waals surface area contributed by atoms with Gasteiger partial charge in [0.25, 0.3) is 0 Å². The molecule has 38 heavy (non-hydrogen) atoms. The van der Waals surface area contributed by atoms with Crippen molar-refractivity contribution >= 4 is 28.1 Å². The number of esters is 1. The molecule has 8 heteroatoms. The summed E-state index contributed by atoms with van der Waals surface area (Å²) in [7, 11) is 2.99. The molecule has 5 rings (SSSR count). The molecule has 1 unspecified atom stereocenters. The first-order chi connectivity index (χ1) is 18.2. The van der Waals surface area contributed by atoms with Gasteiger partial charge in [-0.2, -0.15) is 5.26 Å². The minimum atomic E-state index is -0.583. The molecular formula is C30H33N3O4S. The van der Waals surface area contributed by atoms with E-state index in [9.17, 15) is 14.9 Å². The molecule has 3 aliphatic rings. The van der Waals surface area contributed by atoms with Crippen LogP contribution in [0.2, 0.25) is 0 Å². The zero-order valence-corrected chi connectivity index (χ0v) is 23.2. The van der Waals surface area contributed by atoms with E-state index in [4.69, 9.17) is 15.2 Å². The van der Waals surface area contributed by atoms with E-state index in [0.717, 1.165) is 53.8 Å². The first kappa shape index (κ1) is 26.1. The standard InChI is InChI=1S/C30H33N3O4S/c1-30(2)14-21-26(22(34)15-30)24(17-10-12-18(36-3)13-11-17)20(16-31)27(32)33(21)28-25(29(35)37-4)19-8-6-5-7-9-23(19)38-28/h10-13,24H,5-9,14-15,32H2,1-4H3. The molecule has 0 radical (unpaired) electrons. The summed E-state index contributed by atoms with van der Waals surface area (Å²) < 4.78 is 10.6. The number of nitriles is 1. The second-order valence-corrected chi connectivity index (χ2v) is 12.1. The second kappa shape index (κ2) is 9.95. The highest BCUT2D eigenvalue weighted by atomic mass is 32.1. The minimum absolute atomic E-state index is 0.0000514. The molecular weight excluding hydrogens is 498 g/mol. The fourth-order valence-electron chi connectivity index (χ4n) is 6.07. The van der Waals surface area contributed by atoms with Crippen molar-refractivity contribution < 1.29 is 19.1 Å². The van der Waals surface area contributed by atoms with Crippen molar-refractivity contribution in [3.8, 4) is 11.8 Å². The van der Waals surface area contributed by atoms with Gasteiger partial charge in [0.1, 0.15) is 16.6 Å². The number of Topliss-reactive ketones (excluding diaryl/α,β-unsaturated/α-hetero) is 1. The van der Waals surface area contributed by atoms with Crippen LogP contribution in [0.5, 0.6) is 5.75 Å². The van der Waals surface area contributed by atoms with Crippen LogP contribution in [0.4, 0.5) is 5.00 Å². The number of carbonyl (C=O) groups is 2. The molecule has 1 atom stereocenters. The Morgan fingerprint density at radius 1 is 1.13 bits per heavy atom. The first-order valence-corrected chi connectivity index (χ1v) is 13.8. The Bertz CT molecular complexity index is 1410. The molecule has 1 aromatic heterocycles. The fourth-order valence-corrected chi connectivity index (χ4v) is 7.48. The number of nitrogens with zero attached hydrogens (tertiary/aromatic N) is 2. The molecule has 0 spiro atoms. The van der Waals surface area contributed by atoms with E-state index in [1.807, 2.05) is 29.2 Å². The van der Waals surface area contributed by atoms with Gasteiger partial charge < -0.3 is 15.2 Å². The van der Waals surface area contributed by atoms with Crippen LogP contribution < -0.4 is 15.4 Å². The van der Waals surface area contributed by atoms with Crippen molar-refractivity contribution in [2.45, 2.75) is 64.7 Å². The average molecular weight is 532 g/mol. The summed E-state index contributed by atoms with van der Waals surface area (Å²) in [5.74, 6) is -0.0411. The molecule has 0 saturated carbocycles. The van der Waals surface area contributed by atoms with Gasteiger partial charge in [0, 0.05) is 22.6 Å². The predicted octanol–water partition coefficient (Wildman–Crippen LogP) is 5.75. The number of ketones is 1. The van der Waals surface area contributed by atoms with E-state index in [1.165, 1.54) is 7.11 Å². The van der Waals surface area contributed by atoms with E-state index < -0.39 is 11.9 Å². The van der Waals surface area contributed by atoms with Crippen LogP contribution >= 0.6 is 11.3 Å². The number of fused-ring (bicyclic) bond motifs is 1. The highest BCUT2D eigenvalue weighted by molar-refractivity contribution is 7.16. The van der Waals surface area contributed by atoms with E-state index >= 15 is 0 Å². The maximum absolute atomic E-state index is 13.8. The quantitative estimate of drug-likeness (QED) is 0.395. The number of hydrogen-bond donors (Lipinski definition) is 1. The highest BCUT2D eigenvalue weighted by Gasteiger charge is 2.46. The molecule has 0 amide bonds. The van der Waals surface area contributed by atoms with Crippen molar-refractivity contribution in [3.63, 3.8) is 0 Å². The van der Waals surface area contributed by atoms with Crippen LogP contribution in [-0.2, 0) is 22.4 Å². The minimum Gasteiger partial charge on any atom is -0.497 e. The Labute approximate surface area is 227 Å². The molecule has 7 nitrogen and oxygen atoms in total. The number of methoxy groups -OCH3 is 2. The number of rotatable bonds is 4. The number of allylic oxidation sites excluding steroid dienone is 3. The van der Waals surface area contributed by atoms with Crippen molar-refractivity contribution in [2.75, 3.05) is 19.1 Å². The van der Waals surface area contributed by atoms with Gasteiger partial charge in [-0.3, -0.25) is 9.69 Å². The molecule has 2 N–H and O–H groups in total. The molecule has 198 valence electrons. The number of carbonyl (C=O) groups excluding carboxylic acids is 2. The molecule has 0 bridgehead atoms. The van der Waals surface area contributed by atoms with Crippen LogP contribution in [-0.4, -0.2) is 26.0 Å². The molecule has 2 heterocycles. The normalized spacial score (nSPS) is 20.9. The van der Waals surface area contributed by atoms with Gasteiger partial charge in [-0.25, -0.2) is 4.79 Å². The zero-order valence-electron chi connectivity index (χ0n) is 22.3. The van der Waals surface area contributed by atoms with E-state index in [-0.39, 0.29) is 17.0 Å². The van der Waals surface area contributed by atoms with Crippen molar-refractivity contribution in [3.05, 3.63) is 68.5 Å². The SMILES string of the molecule is COC(=O)c1c(N2C(N)=C(C#N)C(c3ccc(OC)cc3)C3=C2CC(C)(C)CC3=O)sc2c1CCCCC2. The predicted molar refractivity (Wildman–Crippen MR) is 147 cm³/mol. The lowest BCUT2D eigenvalue weighted by Gasteiger charge is -2.43. The fraction of sp³-hybridized carbons (Fsp3) is 0.433. The lowest BCUT2D eigenvalue weighted by molar-refractivity contribution is -0.118. The Hall–Kier alpha value is -3.57. The maximum Gasteiger partial charge on any atom is 0.341 e. The Morgan fingerprint density at radius 3 is 2.50 bits per heavy atom. The van der Waals surface area contributed by atoms with Gasteiger partial charge in [-0.05, 0) is 60.8 Å². The number of nitrogens with two attached hydrogens (primary N) is 1. The number of thiophene rings is 1. The molecule has 1 aromatic carbocycles. The second-order valence-electron chi connectivity index (χ2n) is 11.0. The smallest absolute Gasteiger partial charge is 0.341 e. The number of benzene rings is 1. The Balaban J connectivity index is 1.78. The summed E-state index contributed by atoms with van der Waals surface area (Å²) in [6.45, 7) is 4.14. The molecule has 2 aromatic rings. The molecule has 0 fully saturated rings. The highest BCUT2D eigenvalue weighted by Crippen LogP contribution is 2.53. The van der Waals surface area contributed by atoms with Crippen LogP contribution in [0.25, 0.3) is 0 Å². The summed E-state index contributed by atoms with van der Waals surface area (Å²) in [5.41, 5.74) is 10.5. The van der Waals surface area contributed by atoms with E-state index in [0.29, 0.717) is 40.3 Å². The Kier molecular flexibility index (Phi) is 6.83. The summed E-state index contributed by atoms with van der Waals surface area (Å²) in [5, 5.41) is 11.1. The van der Waals surface area contributed by atoms with Crippen LogP contribution in [0.3, 0.4) is 0 Å². The topological polar surface area (TPSA) is 106 Å². The number of ether oxygens (including phenoxy) is 2. The monoisotopic (exact) mass is 531 g/mol. The third-order valence-corrected chi connectivity index (χ3v) is 9.10. The maximum atomic E-state index is 13.8. The summed E-state index contributed by atoms with van der Waals surface area (Å²) >= 11 is 1.54. The van der Waals surface area contributed by atoms with Crippen LogP contribution in [0.15, 0.2) is 46.9 Å². The van der Waals surface area contributed by atoms with Gasteiger partial charge in [-0.1, -0.05) is 32.4 Å². The first-order valence-electron chi connectivity index (χ1n) is 13.0. The number of hydrogen-bond acceptors (Lipinski definition) is 8. The van der Waals surface area contributed by atoms with Crippen LogP contribution in [0.1, 0.15) is 78.2 Å². The molecule has 2 aliphatic carbocycles. The zero-order chi connectivity index (χ0) is 27.2. The third kappa shape index (κ3) is 4.29. The van der Waals surface area contributed by atoms with Gasteiger partial charge in [0.2, 0.25) is 0 Å². The van der Waals surface area contributed by atoms with Gasteiger partial charge in [0.05, 0.1) is 37.3 Å². The molecule has 1 aliphatic heterocycles. The third-order valence-electron chi connectivity index (χ3n) is 7.83. The van der Waals surface area contributed by atoms with E-state index in [2.05, 4.69) is 19.9 Å². The van der Waals surface area contributed by atoms with Gasteiger partial charge in [-0.15, -0.1) is 11.3 Å². The van der Waals surface area contributed by atoms with Gasteiger partial charge in [0.15, 0.2) is 5.78 Å². The van der Waals surface area contributed by atoms with Crippen LogP contribution in [0, 0.1) is 16.7 Å². The molecule has 0 saturated heterocycles. The lowest BCUT2D eigenvalue weighted by atomic mass is 9.68. The lowest BCUT2D eigenvalue weighted by Crippen LogP contribution is -2.42. The summed E-state index contributed by atoms with van der Waals surface area (Å²) in [6.07, 6.45) is 5.81. The Morgan fingerprint density at radius 2 is 1.84 bits per heavy atom. The largest absolute Gasteiger partial charge is 0.497 e. The number of aryl methyl sites for hydroxylation is 1. The van der Waals surface area contributed by atoms with Crippen molar-refractivity contribution in [1.82, 2.24) is 0 Å². The van der Waals surface area contributed by atoms with Crippen molar-refractivity contribution in [2.24, 2.45) is 11.1 Å². The van der Waals surface area contributed by atoms with Crippen molar-refractivity contribution in [1.29, 1.82) is 5.26 Å². The summed E-state index contributed by atoms with van der Waals surface area (Å²) in [6, 6.07) is 9.75. The average Bonchev–Trinajstić information content (AvgIpc) is 3.08.